The summed E-state index contributed by atoms with van der Waals surface area (Å²) in [7, 11) is 0. The number of amides is 1. The van der Waals surface area contributed by atoms with Crippen LogP contribution in [0.5, 0.6) is 0 Å². The highest BCUT2D eigenvalue weighted by Gasteiger charge is 2.17. The van der Waals surface area contributed by atoms with Gasteiger partial charge in [0.2, 0.25) is 5.91 Å². The molecule has 1 saturated heterocycles. The SMILES string of the molecule is CC1CCCCN1CCCNC(=O)CNC1CCCC1. The number of nitrogens with one attached hydrogen (secondary N) is 2. The fourth-order valence-electron chi connectivity index (χ4n) is 3.43. The summed E-state index contributed by atoms with van der Waals surface area (Å²) in [5, 5.41) is 6.39. The van der Waals surface area contributed by atoms with Gasteiger partial charge in [-0.1, -0.05) is 19.3 Å². The van der Waals surface area contributed by atoms with Gasteiger partial charge in [0.1, 0.15) is 0 Å². The third-order valence-electron chi connectivity index (χ3n) is 4.79. The number of hydrogen-bond acceptors (Lipinski definition) is 3. The maximum atomic E-state index is 11.7. The maximum absolute atomic E-state index is 11.7. The topological polar surface area (TPSA) is 44.4 Å². The molecule has 1 unspecified atom stereocenters. The van der Waals surface area contributed by atoms with Crippen LogP contribution in [0.4, 0.5) is 0 Å². The van der Waals surface area contributed by atoms with E-state index in [1.54, 1.807) is 0 Å². The molecule has 2 fully saturated rings. The Labute approximate surface area is 123 Å². The first-order valence-electron chi connectivity index (χ1n) is 8.50. The summed E-state index contributed by atoms with van der Waals surface area (Å²) < 4.78 is 0. The number of rotatable bonds is 7. The zero-order valence-corrected chi connectivity index (χ0v) is 13.0. The molecule has 4 heteroatoms. The van der Waals surface area contributed by atoms with Crippen molar-refractivity contribution in [3.05, 3.63) is 0 Å². The highest BCUT2D eigenvalue weighted by atomic mass is 16.1. The second kappa shape index (κ2) is 8.63. The maximum Gasteiger partial charge on any atom is 0.233 e. The molecule has 116 valence electrons. The molecule has 0 spiro atoms. The quantitative estimate of drug-likeness (QED) is 0.701. The highest BCUT2D eigenvalue weighted by molar-refractivity contribution is 5.77. The van der Waals surface area contributed by atoms with Crippen molar-refractivity contribution in [1.82, 2.24) is 15.5 Å². The van der Waals surface area contributed by atoms with Crippen molar-refractivity contribution in [2.45, 2.75) is 70.4 Å². The van der Waals surface area contributed by atoms with Gasteiger partial charge in [-0.25, -0.2) is 0 Å². The minimum Gasteiger partial charge on any atom is -0.355 e. The van der Waals surface area contributed by atoms with Gasteiger partial charge in [-0.3, -0.25) is 4.79 Å². The van der Waals surface area contributed by atoms with Gasteiger partial charge in [0.05, 0.1) is 6.54 Å². The molecule has 1 atom stereocenters. The molecule has 0 aromatic heterocycles. The fourth-order valence-corrected chi connectivity index (χ4v) is 3.43. The van der Waals surface area contributed by atoms with E-state index in [1.807, 2.05) is 0 Å². The third kappa shape index (κ3) is 5.41. The normalized spacial score (nSPS) is 24.9. The number of carbonyl (C=O) groups is 1. The average molecular weight is 281 g/mol. The van der Waals surface area contributed by atoms with Gasteiger partial charge >= 0.3 is 0 Å². The van der Waals surface area contributed by atoms with Gasteiger partial charge < -0.3 is 15.5 Å². The van der Waals surface area contributed by atoms with E-state index in [4.69, 9.17) is 0 Å². The Kier molecular flexibility index (Phi) is 6.80. The van der Waals surface area contributed by atoms with E-state index in [2.05, 4.69) is 22.5 Å². The predicted molar refractivity (Wildman–Crippen MR) is 82.8 cm³/mol. The van der Waals surface area contributed by atoms with Crippen LogP contribution in [-0.4, -0.2) is 49.1 Å². The molecule has 2 rings (SSSR count). The smallest absolute Gasteiger partial charge is 0.233 e. The number of piperidine rings is 1. The van der Waals surface area contributed by atoms with Crippen molar-refractivity contribution in [2.75, 3.05) is 26.2 Å². The van der Waals surface area contributed by atoms with Gasteiger partial charge in [0.15, 0.2) is 0 Å². The lowest BCUT2D eigenvalue weighted by atomic mass is 10.0. The van der Waals surface area contributed by atoms with E-state index < -0.39 is 0 Å². The Morgan fingerprint density at radius 2 is 1.90 bits per heavy atom. The monoisotopic (exact) mass is 281 g/mol. The van der Waals surface area contributed by atoms with Crippen LogP contribution < -0.4 is 10.6 Å². The summed E-state index contributed by atoms with van der Waals surface area (Å²) in [5.74, 6) is 0.156. The summed E-state index contributed by atoms with van der Waals surface area (Å²) >= 11 is 0. The fraction of sp³-hybridized carbons (Fsp3) is 0.938. The molecule has 0 radical (unpaired) electrons. The summed E-state index contributed by atoms with van der Waals surface area (Å²) in [6.45, 7) is 5.98. The van der Waals surface area contributed by atoms with E-state index in [0.29, 0.717) is 12.6 Å². The lowest BCUT2D eigenvalue weighted by Gasteiger charge is -2.33. The Bertz CT molecular complexity index is 289. The lowest BCUT2D eigenvalue weighted by molar-refractivity contribution is -0.120. The molecule has 0 aromatic rings. The highest BCUT2D eigenvalue weighted by Crippen LogP contribution is 2.17. The van der Waals surface area contributed by atoms with Crippen LogP contribution >= 0.6 is 0 Å². The predicted octanol–water partition coefficient (Wildman–Crippen LogP) is 1.90. The second-order valence-electron chi connectivity index (χ2n) is 6.45. The molecule has 1 amide bonds. The Morgan fingerprint density at radius 3 is 2.65 bits per heavy atom. The molecule has 2 aliphatic rings. The van der Waals surface area contributed by atoms with E-state index in [9.17, 15) is 4.79 Å². The first-order chi connectivity index (χ1) is 9.75. The zero-order valence-electron chi connectivity index (χ0n) is 13.0. The molecule has 4 nitrogen and oxygen atoms in total. The van der Waals surface area contributed by atoms with Crippen LogP contribution in [-0.2, 0) is 4.79 Å². The summed E-state index contributed by atoms with van der Waals surface area (Å²) in [5.41, 5.74) is 0. The minimum absolute atomic E-state index is 0.156. The molecular formula is C16H31N3O. The number of carbonyl (C=O) groups excluding carboxylic acids is 1. The van der Waals surface area contributed by atoms with Crippen molar-refractivity contribution in [1.29, 1.82) is 0 Å². The molecule has 20 heavy (non-hydrogen) atoms. The molecule has 1 heterocycles. The summed E-state index contributed by atoms with van der Waals surface area (Å²) in [6, 6.07) is 1.30. The van der Waals surface area contributed by atoms with Crippen LogP contribution in [0.15, 0.2) is 0 Å². The van der Waals surface area contributed by atoms with E-state index in [-0.39, 0.29) is 5.91 Å². The van der Waals surface area contributed by atoms with Gasteiger partial charge in [-0.2, -0.15) is 0 Å². The van der Waals surface area contributed by atoms with Gasteiger partial charge in [-0.05, 0) is 45.6 Å². The molecule has 0 aromatic carbocycles. The number of nitrogens with zero attached hydrogens (tertiary/aromatic N) is 1. The summed E-state index contributed by atoms with van der Waals surface area (Å²) in [4.78, 5) is 14.3. The molecular weight excluding hydrogens is 250 g/mol. The van der Waals surface area contributed by atoms with Crippen LogP contribution in [0, 0.1) is 0 Å². The molecule has 1 aliphatic heterocycles. The zero-order chi connectivity index (χ0) is 14.2. The molecule has 1 aliphatic carbocycles. The van der Waals surface area contributed by atoms with Crippen LogP contribution in [0.3, 0.4) is 0 Å². The van der Waals surface area contributed by atoms with Crippen molar-refractivity contribution in [3.8, 4) is 0 Å². The van der Waals surface area contributed by atoms with Crippen molar-refractivity contribution >= 4 is 5.91 Å². The van der Waals surface area contributed by atoms with E-state index >= 15 is 0 Å². The number of hydrogen-bond donors (Lipinski definition) is 2. The molecule has 2 N–H and O–H groups in total. The van der Waals surface area contributed by atoms with Crippen molar-refractivity contribution in [2.24, 2.45) is 0 Å². The van der Waals surface area contributed by atoms with Crippen LogP contribution in [0.1, 0.15) is 58.3 Å². The van der Waals surface area contributed by atoms with E-state index in [0.717, 1.165) is 25.6 Å². The van der Waals surface area contributed by atoms with Gasteiger partial charge in [0.25, 0.3) is 0 Å². The first kappa shape index (κ1) is 15.8. The number of likely N-dealkylation sites (tertiary alicyclic amines) is 1. The second-order valence-corrected chi connectivity index (χ2v) is 6.45. The molecule has 1 saturated carbocycles. The lowest BCUT2D eigenvalue weighted by Crippen LogP contribution is -2.41. The van der Waals surface area contributed by atoms with Gasteiger partial charge in [0, 0.05) is 25.2 Å². The Hall–Kier alpha value is -0.610. The third-order valence-corrected chi connectivity index (χ3v) is 4.79. The van der Waals surface area contributed by atoms with E-state index in [1.165, 1.54) is 51.5 Å². The Morgan fingerprint density at radius 1 is 1.15 bits per heavy atom. The van der Waals surface area contributed by atoms with Crippen LogP contribution in [0.2, 0.25) is 0 Å². The van der Waals surface area contributed by atoms with Gasteiger partial charge in [-0.15, -0.1) is 0 Å². The Balaban J connectivity index is 1.48. The molecule has 0 bridgehead atoms. The first-order valence-corrected chi connectivity index (χ1v) is 8.50. The summed E-state index contributed by atoms with van der Waals surface area (Å²) in [6.07, 6.45) is 10.2. The largest absolute Gasteiger partial charge is 0.355 e. The van der Waals surface area contributed by atoms with Crippen molar-refractivity contribution in [3.63, 3.8) is 0 Å². The van der Waals surface area contributed by atoms with Crippen molar-refractivity contribution < 1.29 is 4.79 Å². The minimum atomic E-state index is 0.156. The van der Waals surface area contributed by atoms with Crippen LogP contribution in [0.25, 0.3) is 0 Å². The average Bonchev–Trinajstić information content (AvgIpc) is 2.96. The standard InChI is InChI=1S/C16H31N3O/c1-14-7-4-5-11-19(14)12-6-10-17-16(20)13-18-15-8-2-3-9-15/h14-15,18H,2-13H2,1H3,(H,17,20).